The smallest absolute Gasteiger partial charge is 0.251 e. The molecule has 3 rings (SSSR count). The molecule has 6 heteroatoms. The molecule has 1 N–H and O–H groups in total. The molecular weight excluding hydrogens is 390 g/mol. The largest absolute Gasteiger partial charge is 0.497 e. The fourth-order valence-corrected chi connectivity index (χ4v) is 3.73. The Morgan fingerprint density at radius 2 is 1.77 bits per heavy atom. The van der Waals surface area contributed by atoms with Gasteiger partial charge in [-0.25, -0.2) is 0 Å². The molecule has 31 heavy (non-hydrogen) atoms. The van der Waals surface area contributed by atoms with Crippen molar-refractivity contribution in [3.63, 3.8) is 0 Å². The summed E-state index contributed by atoms with van der Waals surface area (Å²) in [6.45, 7) is 5.50. The van der Waals surface area contributed by atoms with Crippen LogP contribution in [0.15, 0.2) is 47.5 Å². The number of hydrogen-bond acceptors (Lipinski definition) is 5. The second-order valence-electron chi connectivity index (χ2n) is 8.81. The van der Waals surface area contributed by atoms with Crippen LogP contribution in [0.25, 0.3) is 0 Å². The number of carbonyl (C=O) groups is 2. The Labute approximate surface area is 184 Å². The number of methoxy groups -OCH3 is 1. The van der Waals surface area contributed by atoms with Gasteiger partial charge >= 0.3 is 0 Å². The lowest BCUT2D eigenvalue weighted by molar-refractivity contribution is 0.0948. The van der Waals surface area contributed by atoms with E-state index in [0.29, 0.717) is 17.7 Å². The maximum absolute atomic E-state index is 13.0. The third-order valence-corrected chi connectivity index (χ3v) is 5.33. The first-order valence-corrected chi connectivity index (χ1v) is 10.5. The van der Waals surface area contributed by atoms with Crippen LogP contribution in [0.3, 0.4) is 0 Å². The number of ketones is 1. The summed E-state index contributed by atoms with van der Waals surface area (Å²) in [4.78, 5) is 32.1. The van der Waals surface area contributed by atoms with E-state index in [1.165, 1.54) is 5.56 Å². The number of benzene rings is 2. The van der Waals surface area contributed by atoms with E-state index in [4.69, 9.17) is 9.73 Å². The number of amides is 1. The Morgan fingerprint density at radius 3 is 2.42 bits per heavy atom. The number of nitrogens with one attached hydrogen (secondary N) is 1. The average Bonchev–Trinajstić information content (AvgIpc) is 2.72. The number of likely N-dealkylation sites (N-methyl/N-ethyl adjacent to an activating group) is 1. The predicted molar refractivity (Wildman–Crippen MR) is 124 cm³/mol. The molecule has 1 amide bonds. The van der Waals surface area contributed by atoms with Crippen LogP contribution < -0.4 is 10.1 Å². The lowest BCUT2D eigenvalue weighted by atomic mass is 9.85. The normalized spacial score (nSPS) is 14.6. The van der Waals surface area contributed by atoms with Gasteiger partial charge < -0.3 is 15.0 Å². The fraction of sp³-hybridized carbons (Fsp3) is 0.400. The third kappa shape index (κ3) is 5.79. The second kappa shape index (κ2) is 9.43. The zero-order valence-electron chi connectivity index (χ0n) is 19.0. The van der Waals surface area contributed by atoms with Crippen molar-refractivity contribution in [1.29, 1.82) is 0 Å². The summed E-state index contributed by atoms with van der Waals surface area (Å²) in [6, 6.07) is 12.8. The average molecular weight is 422 g/mol. The maximum atomic E-state index is 13.0. The van der Waals surface area contributed by atoms with E-state index in [1.54, 1.807) is 31.4 Å². The molecule has 0 fully saturated rings. The topological polar surface area (TPSA) is 71.0 Å². The van der Waals surface area contributed by atoms with Gasteiger partial charge in [0.15, 0.2) is 5.78 Å². The minimum Gasteiger partial charge on any atom is -0.497 e. The Bertz CT molecular complexity index is 992. The van der Waals surface area contributed by atoms with Gasteiger partial charge in [0.1, 0.15) is 5.75 Å². The van der Waals surface area contributed by atoms with Crippen LogP contribution >= 0.6 is 0 Å². The SMILES string of the molecule is COc1ccc2c(c1)C(CC(=O)c1ccc(C(=O)NCCN(C)C)cc1)=NC(C)(C)C2. The maximum Gasteiger partial charge on any atom is 0.251 e. The summed E-state index contributed by atoms with van der Waals surface area (Å²) < 4.78 is 5.37. The summed E-state index contributed by atoms with van der Waals surface area (Å²) in [7, 11) is 5.55. The van der Waals surface area contributed by atoms with Gasteiger partial charge in [0, 0.05) is 29.8 Å². The Balaban J connectivity index is 1.74. The predicted octanol–water partition coefficient (Wildman–Crippen LogP) is 3.38. The van der Waals surface area contributed by atoms with Crippen LogP contribution in [-0.2, 0) is 6.42 Å². The first kappa shape index (κ1) is 22.7. The monoisotopic (exact) mass is 421 g/mol. The van der Waals surface area contributed by atoms with Crippen molar-refractivity contribution in [3.8, 4) is 5.75 Å². The highest BCUT2D eigenvalue weighted by atomic mass is 16.5. The number of ether oxygens (including phenoxy) is 1. The zero-order chi connectivity index (χ0) is 22.6. The third-order valence-electron chi connectivity index (χ3n) is 5.33. The number of aliphatic imine (C=N–C) groups is 1. The van der Waals surface area contributed by atoms with E-state index in [0.717, 1.165) is 30.0 Å². The molecule has 2 aromatic carbocycles. The molecule has 0 radical (unpaired) electrons. The molecule has 164 valence electrons. The van der Waals surface area contributed by atoms with Gasteiger partial charge in [0.05, 0.1) is 24.8 Å². The summed E-state index contributed by atoms with van der Waals surface area (Å²) in [5.41, 5.74) is 3.78. The minimum absolute atomic E-state index is 0.0233. The summed E-state index contributed by atoms with van der Waals surface area (Å²) in [5, 5.41) is 2.88. The van der Waals surface area contributed by atoms with Crippen molar-refractivity contribution < 1.29 is 14.3 Å². The molecule has 0 saturated carbocycles. The molecule has 0 aliphatic carbocycles. The quantitative estimate of drug-likeness (QED) is 0.664. The number of Topliss-reactive ketones (excluding diaryl/α,β-unsaturated/α-hetero) is 1. The van der Waals surface area contributed by atoms with Crippen molar-refractivity contribution in [2.24, 2.45) is 4.99 Å². The van der Waals surface area contributed by atoms with Crippen molar-refractivity contribution >= 4 is 17.4 Å². The van der Waals surface area contributed by atoms with E-state index in [2.05, 4.69) is 25.2 Å². The Kier molecular flexibility index (Phi) is 6.91. The van der Waals surface area contributed by atoms with Crippen LogP contribution in [0.1, 0.15) is 52.1 Å². The molecular formula is C25H31N3O3. The highest BCUT2D eigenvalue weighted by molar-refractivity contribution is 6.17. The van der Waals surface area contributed by atoms with Crippen LogP contribution in [0.2, 0.25) is 0 Å². The van der Waals surface area contributed by atoms with Crippen molar-refractivity contribution in [2.45, 2.75) is 32.2 Å². The van der Waals surface area contributed by atoms with Gasteiger partial charge in [-0.05, 0) is 64.2 Å². The lowest BCUT2D eigenvalue weighted by Gasteiger charge is -2.29. The van der Waals surface area contributed by atoms with Crippen molar-refractivity contribution in [3.05, 3.63) is 64.7 Å². The molecule has 1 aliphatic rings. The first-order chi connectivity index (χ1) is 14.7. The van der Waals surface area contributed by atoms with Crippen LogP contribution in [-0.4, -0.2) is 62.1 Å². The highest BCUT2D eigenvalue weighted by Crippen LogP contribution is 2.31. The molecule has 2 aromatic rings. The van der Waals surface area contributed by atoms with E-state index >= 15 is 0 Å². The molecule has 0 bridgehead atoms. The Morgan fingerprint density at radius 1 is 1.10 bits per heavy atom. The molecule has 6 nitrogen and oxygen atoms in total. The highest BCUT2D eigenvalue weighted by Gasteiger charge is 2.28. The van der Waals surface area contributed by atoms with Crippen molar-refractivity contribution in [2.75, 3.05) is 34.3 Å². The van der Waals surface area contributed by atoms with Gasteiger partial charge in [0.25, 0.3) is 5.91 Å². The van der Waals surface area contributed by atoms with Gasteiger partial charge in [-0.3, -0.25) is 14.6 Å². The number of carbonyl (C=O) groups excluding carboxylic acids is 2. The summed E-state index contributed by atoms with van der Waals surface area (Å²) in [6.07, 6.45) is 1.03. The summed E-state index contributed by atoms with van der Waals surface area (Å²) >= 11 is 0. The number of nitrogens with zero attached hydrogens (tertiary/aromatic N) is 2. The molecule has 0 saturated heterocycles. The van der Waals surface area contributed by atoms with Crippen molar-refractivity contribution in [1.82, 2.24) is 10.2 Å². The molecule has 1 heterocycles. The van der Waals surface area contributed by atoms with Gasteiger partial charge in [0.2, 0.25) is 0 Å². The summed E-state index contributed by atoms with van der Waals surface area (Å²) in [5.74, 6) is 0.591. The van der Waals surface area contributed by atoms with Crippen LogP contribution in [0.4, 0.5) is 0 Å². The molecule has 1 aliphatic heterocycles. The molecule has 0 aromatic heterocycles. The molecule has 0 unspecified atom stereocenters. The molecule has 0 atom stereocenters. The van der Waals surface area contributed by atoms with Gasteiger partial charge in [-0.2, -0.15) is 0 Å². The van der Waals surface area contributed by atoms with Gasteiger partial charge in [-0.15, -0.1) is 0 Å². The first-order valence-electron chi connectivity index (χ1n) is 10.5. The Hall–Kier alpha value is -2.99. The molecule has 0 spiro atoms. The van der Waals surface area contributed by atoms with Crippen LogP contribution in [0.5, 0.6) is 5.75 Å². The lowest BCUT2D eigenvalue weighted by Crippen LogP contribution is -2.31. The van der Waals surface area contributed by atoms with E-state index in [9.17, 15) is 9.59 Å². The van der Waals surface area contributed by atoms with E-state index in [-0.39, 0.29) is 23.7 Å². The minimum atomic E-state index is -0.258. The fourth-order valence-electron chi connectivity index (χ4n) is 3.73. The van der Waals surface area contributed by atoms with Gasteiger partial charge in [-0.1, -0.05) is 18.2 Å². The number of rotatable bonds is 8. The zero-order valence-corrected chi connectivity index (χ0v) is 19.0. The van der Waals surface area contributed by atoms with E-state index < -0.39 is 0 Å². The number of fused-ring (bicyclic) bond motifs is 1. The second-order valence-corrected chi connectivity index (χ2v) is 8.81. The van der Waals surface area contributed by atoms with E-state index in [1.807, 2.05) is 31.1 Å². The van der Waals surface area contributed by atoms with Crippen LogP contribution in [0, 0.1) is 0 Å². The standard InChI is InChI=1S/C25H31N3O3/c1-25(2)16-19-10-11-20(31-5)14-21(19)22(27-25)15-23(29)17-6-8-18(9-7-17)24(30)26-12-13-28(3)4/h6-11,14H,12-13,15-16H2,1-5H3,(H,26,30). The number of hydrogen-bond donors (Lipinski definition) is 1.